The lowest BCUT2D eigenvalue weighted by Crippen LogP contribution is -2.45. The third-order valence-electron chi connectivity index (χ3n) is 5.23. The van der Waals surface area contributed by atoms with E-state index in [1.54, 1.807) is 48.5 Å². The summed E-state index contributed by atoms with van der Waals surface area (Å²) in [6.07, 6.45) is 1.59. The van der Waals surface area contributed by atoms with Crippen LogP contribution in [0.5, 0.6) is 11.5 Å². The number of carbonyl (C=O) groups is 2. The number of H-pyrrole nitrogens is 2. The first-order valence-electron chi connectivity index (χ1n) is 9.70. The monoisotopic (exact) mass is 419 g/mol. The van der Waals surface area contributed by atoms with E-state index in [0.717, 1.165) is 0 Å². The normalized spacial score (nSPS) is 15.8. The molecule has 0 fully saturated rings. The lowest BCUT2D eigenvalue weighted by Gasteiger charge is -2.28. The van der Waals surface area contributed by atoms with E-state index in [4.69, 9.17) is 9.47 Å². The molecule has 3 aromatic rings. The number of benzene rings is 2. The van der Waals surface area contributed by atoms with Gasteiger partial charge in [0.1, 0.15) is 5.57 Å². The van der Waals surface area contributed by atoms with Crippen LogP contribution in [0, 0.1) is 0 Å². The van der Waals surface area contributed by atoms with Crippen molar-refractivity contribution < 1.29 is 19.1 Å². The van der Waals surface area contributed by atoms with Gasteiger partial charge >= 0.3 is 0 Å². The van der Waals surface area contributed by atoms with Gasteiger partial charge in [-0.25, -0.2) is 0 Å². The van der Waals surface area contributed by atoms with E-state index in [1.165, 1.54) is 19.1 Å². The standard InChI is InChI=1S/C23H21N3O5/c1-4-26-16-8-6-5-7-14(16)21(27)19(23(26)29)20-15(22(28)25-24-20)11-13-9-10-17(30-2)18(12-13)31-3/h5-12,24H,4H2,1-3H3,(H,25,28)/b15-11+,20-19+. The van der Waals surface area contributed by atoms with Crippen molar-refractivity contribution in [1.82, 2.24) is 10.2 Å². The number of anilines is 1. The highest BCUT2D eigenvalue weighted by Crippen LogP contribution is 2.30. The summed E-state index contributed by atoms with van der Waals surface area (Å²) in [4.78, 5) is 40.5. The SMILES string of the molecule is CCN1C(=O)/C(=c2/[nH][nH]c(=O)/c2=C/c2ccc(OC)c(OC)c2)C(=O)c2ccccc21. The molecule has 0 unspecified atom stereocenters. The molecule has 0 bridgehead atoms. The second kappa shape index (κ2) is 7.98. The molecule has 1 aliphatic rings. The number of hydrogen-bond acceptors (Lipinski definition) is 5. The van der Waals surface area contributed by atoms with Crippen LogP contribution in [0.3, 0.4) is 0 Å². The van der Waals surface area contributed by atoms with Crippen LogP contribution in [-0.2, 0) is 4.79 Å². The van der Waals surface area contributed by atoms with Crippen molar-refractivity contribution in [3.8, 4) is 11.5 Å². The van der Waals surface area contributed by atoms with Gasteiger partial charge in [-0.05, 0) is 42.8 Å². The van der Waals surface area contributed by atoms with Crippen LogP contribution in [-0.4, -0.2) is 42.7 Å². The largest absolute Gasteiger partial charge is 0.493 e. The summed E-state index contributed by atoms with van der Waals surface area (Å²) in [5.74, 6) is 0.157. The van der Waals surface area contributed by atoms with Crippen molar-refractivity contribution in [3.63, 3.8) is 0 Å². The number of hydrogen-bond donors (Lipinski definition) is 2. The second-order valence-electron chi connectivity index (χ2n) is 6.90. The number of para-hydroxylation sites is 1. The Labute approximate surface area is 177 Å². The third-order valence-corrected chi connectivity index (χ3v) is 5.23. The number of amides is 1. The number of aromatic amines is 2. The Morgan fingerprint density at radius 2 is 1.71 bits per heavy atom. The van der Waals surface area contributed by atoms with Gasteiger partial charge in [0.05, 0.1) is 30.5 Å². The van der Waals surface area contributed by atoms with Gasteiger partial charge in [-0.2, -0.15) is 0 Å². The van der Waals surface area contributed by atoms with E-state index in [-0.39, 0.29) is 16.1 Å². The molecule has 2 aromatic carbocycles. The summed E-state index contributed by atoms with van der Waals surface area (Å²) in [6, 6.07) is 12.1. The molecule has 0 saturated heterocycles. The number of rotatable bonds is 4. The Morgan fingerprint density at radius 3 is 2.42 bits per heavy atom. The molecule has 8 nitrogen and oxygen atoms in total. The molecular formula is C23H21N3O5. The van der Waals surface area contributed by atoms with Crippen molar-refractivity contribution in [2.45, 2.75) is 6.92 Å². The Bertz CT molecular complexity index is 1370. The van der Waals surface area contributed by atoms with Gasteiger partial charge in [0.25, 0.3) is 11.5 Å². The quantitative estimate of drug-likeness (QED) is 0.655. The first kappa shape index (κ1) is 20.2. The Morgan fingerprint density at radius 1 is 0.968 bits per heavy atom. The molecule has 158 valence electrons. The number of Topliss-reactive ketones (excluding diaryl/α,β-unsaturated/α-hetero) is 1. The smallest absolute Gasteiger partial charge is 0.271 e. The van der Waals surface area contributed by atoms with Crippen LogP contribution in [0.1, 0.15) is 22.8 Å². The molecule has 0 atom stereocenters. The molecule has 2 heterocycles. The fourth-order valence-corrected chi connectivity index (χ4v) is 3.72. The molecule has 1 amide bonds. The molecule has 0 aliphatic carbocycles. The van der Waals surface area contributed by atoms with Crippen molar-refractivity contribution in [2.75, 3.05) is 25.7 Å². The molecule has 8 heteroatoms. The zero-order valence-corrected chi connectivity index (χ0v) is 17.3. The van der Waals surface area contributed by atoms with E-state index in [0.29, 0.717) is 34.9 Å². The summed E-state index contributed by atoms with van der Waals surface area (Å²) >= 11 is 0. The van der Waals surface area contributed by atoms with Gasteiger partial charge in [0.15, 0.2) is 11.5 Å². The number of fused-ring (bicyclic) bond motifs is 1. The minimum atomic E-state index is -0.455. The van der Waals surface area contributed by atoms with Crippen LogP contribution in [0.4, 0.5) is 5.69 Å². The summed E-state index contributed by atoms with van der Waals surface area (Å²) in [5, 5.41) is 5.55. The fraction of sp³-hybridized carbons (Fsp3) is 0.174. The number of ether oxygens (including phenoxy) is 2. The van der Waals surface area contributed by atoms with Gasteiger partial charge in [-0.1, -0.05) is 18.2 Å². The lowest BCUT2D eigenvalue weighted by molar-refractivity contribution is -0.113. The van der Waals surface area contributed by atoms with Gasteiger partial charge < -0.3 is 14.4 Å². The van der Waals surface area contributed by atoms with E-state index < -0.39 is 17.2 Å². The highest BCUT2D eigenvalue weighted by molar-refractivity contribution is 6.51. The van der Waals surface area contributed by atoms with Crippen LogP contribution < -0.4 is 30.5 Å². The first-order valence-corrected chi connectivity index (χ1v) is 9.70. The number of ketones is 1. The van der Waals surface area contributed by atoms with Gasteiger partial charge in [0, 0.05) is 12.1 Å². The van der Waals surface area contributed by atoms with Crippen LogP contribution in [0.2, 0.25) is 0 Å². The number of aromatic nitrogens is 2. The van der Waals surface area contributed by atoms with Crippen molar-refractivity contribution >= 4 is 29.0 Å². The Hall–Kier alpha value is -4.07. The van der Waals surface area contributed by atoms with Crippen LogP contribution >= 0.6 is 0 Å². The van der Waals surface area contributed by atoms with Crippen molar-refractivity contribution in [3.05, 3.63) is 74.5 Å². The maximum atomic E-state index is 13.2. The van der Waals surface area contributed by atoms with Crippen molar-refractivity contribution in [1.29, 1.82) is 0 Å². The van der Waals surface area contributed by atoms with Crippen LogP contribution in [0.25, 0.3) is 11.6 Å². The van der Waals surface area contributed by atoms with Gasteiger partial charge in [-0.15, -0.1) is 0 Å². The first-order chi connectivity index (χ1) is 15.0. The fourth-order valence-electron chi connectivity index (χ4n) is 3.72. The molecule has 2 N–H and O–H groups in total. The topological polar surface area (TPSA) is 104 Å². The maximum Gasteiger partial charge on any atom is 0.271 e. The Balaban J connectivity index is 1.99. The molecule has 0 spiro atoms. The van der Waals surface area contributed by atoms with E-state index in [2.05, 4.69) is 10.2 Å². The molecule has 1 aliphatic heterocycles. The Kier molecular flexibility index (Phi) is 5.21. The summed E-state index contributed by atoms with van der Waals surface area (Å²) in [7, 11) is 3.05. The number of methoxy groups -OCH3 is 2. The molecule has 4 rings (SSSR count). The van der Waals surface area contributed by atoms with Crippen molar-refractivity contribution in [2.24, 2.45) is 0 Å². The third kappa shape index (κ3) is 3.31. The van der Waals surface area contributed by atoms with E-state index >= 15 is 0 Å². The van der Waals surface area contributed by atoms with E-state index in [9.17, 15) is 14.4 Å². The van der Waals surface area contributed by atoms with Gasteiger partial charge in [-0.3, -0.25) is 24.6 Å². The highest BCUT2D eigenvalue weighted by Gasteiger charge is 2.35. The van der Waals surface area contributed by atoms with Gasteiger partial charge in [0.2, 0.25) is 5.78 Å². The number of carbonyl (C=O) groups excluding carboxylic acids is 2. The minimum absolute atomic E-state index is 0.0781. The molecule has 1 aromatic heterocycles. The highest BCUT2D eigenvalue weighted by atomic mass is 16.5. The van der Waals surface area contributed by atoms with E-state index in [1.807, 2.05) is 6.92 Å². The second-order valence-corrected chi connectivity index (χ2v) is 6.90. The zero-order chi connectivity index (χ0) is 22.1. The molecular weight excluding hydrogens is 398 g/mol. The summed E-state index contributed by atoms with van der Waals surface area (Å²) < 4.78 is 10.6. The molecule has 0 saturated carbocycles. The minimum Gasteiger partial charge on any atom is -0.493 e. The predicted molar refractivity (Wildman–Crippen MR) is 116 cm³/mol. The predicted octanol–water partition coefficient (Wildman–Crippen LogP) is 0.949. The molecule has 31 heavy (non-hydrogen) atoms. The van der Waals surface area contributed by atoms with Crippen LogP contribution in [0.15, 0.2) is 47.3 Å². The lowest BCUT2D eigenvalue weighted by atomic mass is 9.94. The average Bonchev–Trinajstić information content (AvgIpc) is 3.14. The molecule has 0 radical (unpaired) electrons. The summed E-state index contributed by atoms with van der Waals surface area (Å²) in [5.41, 5.74) is 1.10. The maximum absolute atomic E-state index is 13.2. The summed E-state index contributed by atoms with van der Waals surface area (Å²) in [6.45, 7) is 2.22. The zero-order valence-electron chi connectivity index (χ0n) is 17.3. The number of nitrogens with one attached hydrogen (secondary N) is 2. The number of nitrogens with zero attached hydrogens (tertiary/aromatic N) is 1. The average molecular weight is 419 g/mol.